The zero-order valence-electron chi connectivity index (χ0n) is 10.8. The lowest BCUT2D eigenvalue weighted by atomic mass is 10.1. The summed E-state index contributed by atoms with van der Waals surface area (Å²) in [5, 5.41) is 11.2. The quantitative estimate of drug-likeness (QED) is 0.737. The van der Waals surface area contributed by atoms with Crippen molar-refractivity contribution >= 4 is 16.5 Å². The number of benzene rings is 2. The van der Waals surface area contributed by atoms with E-state index >= 15 is 0 Å². The minimum atomic E-state index is 0.626. The Labute approximate surface area is 108 Å². The molecule has 0 fully saturated rings. The van der Waals surface area contributed by atoms with E-state index in [-0.39, 0.29) is 0 Å². The summed E-state index contributed by atoms with van der Waals surface area (Å²) >= 11 is 0. The molecule has 92 valence electrons. The zero-order chi connectivity index (χ0) is 12.8. The van der Waals surface area contributed by atoms with E-state index in [0.717, 1.165) is 19.5 Å². The summed E-state index contributed by atoms with van der Waals surface area (Å²) < 4.78 is 0. The number of unbranched alkanes of at least 4 members (excludes halogenated alkanes) is 1. The molecule has 0 saturated heterocycles. The fourth-order valence-corrected chi connectivity index (χ4v) is 2.28. The smallest absolute Gasteiger partial charge is 0.0622 e. The summed E-state index contributed by atoms with van der Waals surface area (Å²) in [6, 6.07) is 17.1. The van der Waals surface area contributed by atoms with E-state index in [2.05, 4.69) is 60.4 Å². The molecule has 0 heterocycles. The molecule has 2 heteroatoms. The molecule has 0 aromatic heterocycles. The Morgan fingerprint density at radius 1 is 1.11 bits per heavy atom. The van der Waals surface area contributed by atoms with Crippen LogP contribution < -0.4 is 4.90 Å². The van der Waals surface area contributed by atoms with Gasteiger partial charge in [-0.1, -0.05) is 36.4 Å². The highest BCUT2D eigenvalue weighted by Gasteiger charge is 2.07. The summed E-state index contributed by atoms with van der Waals surface area (Å²) in [5.74, 6) is 0. The van der Waals surface area contributed by atoms with Crippen LogP contribution in [0.1, 0.15) is 19.8 Å². The minimum absolute atomic E-state index is 0.626. The average Bonchev–Trinajstić information content (AvgIpc) is 2.43. The minimum Gasteiger partial charge on any atom is -0.371 e. The molecule has 0 unspecified atom stereocenters. The van der Waals surface area contributed by atoms with Crippen LogP contribution in [0.5, 0.6) is 0 Å². The molecule has 0 aliphatic rings. The predicted octanol–water partition coefficient (Wildman–Crippen LogP) is 3.97. The molecule has 0 aliphatic heterocycles. The van der Waals surface area contributed by atoms with Crippen LogP contribution in [0.25, 0.3) is 10.8 Å². The van der Waals surface area contributed by atoms with E-state index in [9.17, 15) is 0 Å². The van der Waals surface area contributed by atoms with Crippen molar-refractivity contribution in [2.24, 2.45) is 0 Å². The SMILES string of the molecule is CCN(CCCC#N)c1cccc2ccccc12. The van der Waals surface area contributed by atoms with Crippen molar-refractivity contribution in [2.45, 2.75) is 19.8 Å². The molecule has 2 aromatic rings. The van der Waals surface area contributed by atoms with E-state index < -0.39 is 0 Å². The maximum absolute atomic E-state index is 8.63. The van der Waals surface area contributed by atoms with Crippen molar-refractivity contribution in [1.29, 1.82) is 5.26 Å². The van der Waals surface area contributed by atoms with Gasteiger partial charge < -0.3 is 4.90 Å². The molecule has 0 bridgehead atoms. The Kier molecular flexibility index (Phi) is 4.20. The number of nitrogens with zero attached hydrogens (tertiary/aromatic N) is 2. The molecule has 0 radical (unpaired) electrons. The molecule has 18 heavy (non-hydrogen) atoms. The second kappa shape index (κ2) is 6.07. The molecular weight excluding hydrogens is 220 g/mol. The summed E-state index contributed by atoms with van der Waals surface area (Å²) in [5.41, 5.74) is 1.27. The van der Waals surface area contributed by atoms with Gasteiger partial charge in [0.05, 0.1) is 6.07 Å². The van der Waals surface area contributed by atoms with Crippen molar-refractivity contribution in [3.63, 3.8) is 0 Å². The van der Waals surface area contributed by atoms with E-state index in [1.807, 2.05) is 0 Å². The van der Waals surface area contributed by atoms with Crippen LogP contribution in [0, 0.1) is 11.3 Å². The lowest BCUT2D eigenvalue weighted by Crippen LogP contribution is -2.24. The van der Waals surface area contributed by atoms with E-state index in [1.54, 1.807) is 0 Å². The second-order valence-corrected chi connectivity index (χ2v) is 4.34. The fourth-order valence-electron chi connectivity index (χ4n) is 2.28. The van der Waals surface area contributed by atoms with Gasteiger partial charge in [0.15, 0.2) is 0 Å². The number of fused-ring (bicyclic) bond motifs is 1. The van der Waals surface area contributed by atoms with Gasteiger partial charge in [-0.3, -0.25) is 0 Å². The topological polar surface area (TPSA) is 27.0 Å². The number of hydrogen-bond acceptors (Lipinski definition) is 2. The van der Waals surface area contributed by atoms with Crippen LogP contribution in [0.3, 0.4) is 0 Å². The van der Waals surface area contributed by atoms with Gasteiger partial charge in [-0.15, -0.1) is 0 Å². The Hall–Kier alpha value is -2.01. The van der Waals surface area contributed by atoms with E-state index in [1.165, 1.54) is 16.5 Å². The molecule has 0 aliphatic carbocycles. The van der Waals surface area contributed by atoms with Gasteiger partial charge in [0, 0.05) is 30.6 Å². The molecule has 0 spiro atoms. The maximum Gasteiger partial charge on any atom is 0.0622 e. The van der Waals surface area contributed by atoms with Crippen molar-refractivity contribution in [2.75, 3.05) is 18.0 Å². The van der Waals surface area contributed by atoms with Gasteiger partial charge in [-0.2, -0.15) is 5.26 Å². The van der Waals surface area contributed by atoms with Gasteiger partial charge >= 0.3 is 0 Å². The first-order valence-electron chi connectivity index (χ1n) is 6.46. The maximum atomic E-state index is 8.63. The standard InChI is InChI=1S/C16H18N2/c1-2-18(13-6-5-12-17)16-11-7-9-14-8-3-4-10-15(14)16/h3-4,7-11H,2,5-6,13H2,1H3. The first-order chi connectivity index (χ1) is 8.86. The zero-order valence-corrected chi connectivity index (χ0v) is 10.8. The molecule has 0 amide bonds. The van der Waals surface area contributed by atoms with E-state index in [4.69, 9.17) is 5.26 Å². The normalized spacial score (nSPS) is 10.2. The van der Waals surface area contributed by atoms with Gasteiger partial charge in [0.25, 0.3) is 0 Å². The number of hydrogen-bond donors (Lipinski definition) is 0. The summed E-state index contributed by atoms with van der Waals surface area (Å²) in [6.07, 6.45) is 1.55. The Morgan fingerprint density at radius 2 is 1.89 bits per heavy atom. The molecule has 2 rings (SSSR count). The van der Waals surface area contributed by atoms with Crippen LogP contribution in [0.4, 0.5) is 5.69 Å². The second-order valence-electron chi connectivity index (χ2n) is 4.34. The lowest BCUT2D eigenvalue weighted by Gasteiger charge is -2.24. The molecule has 2 nitrogen and oxygen atoms in total. The molecule has 0 N–H and O–H groups in total. The summed E-state index contributed by atoms with van der Waals surface area (Å²) in [4.78, 5) is 2.35. The summed E-state index contributed by atoms with van der Waals surface area (Å²) in [7, 11) is 0. The van der Waals surface area contributed by atoms with Gasteiger partial charge in [0.1, 0.15) is 0 Å². The highest BCUT2D eigenvalue weighted by molar-refractivity contribution is 5.94. The van der Waals surface area contributed by atoms with Crippen LogP contribution in [-0.4, -0.2) is 13.1 Å². The van der Waals surface area contributed by atoms with Crippen molar-refractivity contribution in [3.05, 3.63) is 42.5 Å². The van der Waals surface area contributed by atoms with Crippen LogP contribution in [0.2, 0.25) is 0 Å². The van der Waals surface area contributed by atoms with Crippen LogP contribution in [0.15, 0.2) is 42.5 Å². The third kappa shape index (κ3) is 2.62. The van der Waals surface area contributed by atoms with Gasteiger partial charge in [-0.25, -0.2) is 0 Å². The Morgan fingerprint density at radius 3 is 2.67 bits per heavy atom. The van der Waals surface area contributed by atoms with Crippen molar-refractivity contribution < 1.29 is 0 Å². The molecule has 0 saturated carbocycles. The van der Waals surface area contributed by atoms with Gasteiger partial charge in [-0.05, 0) is 24.8 Å². The number of rotatable bonds is 5. The Balaban J connectivity index is 2.30. The highest BCUT2D eigenvalue weighted by atomic mass is 15.1. The summed E-state index contributed by atoms with van der Waals surface area (Å²) in [6.45, 7) is 4.08. The molecule has 2 aromatic carbocycles. The third-order valence-corrected chi connectivity index (χ3v) is 3.21. The fraction of sp³-hybridized carbons (Fsp3) is 0.312. The van der Waals surface area contributed by atoms with Crippen molar-refractivity contribution in [1.82, 2.24) is 0 Å². The first-order valence-corrected chi connectivity index (χ1v) is 6.46. The first kappa shape index (κ1) is 12.4. The highest BCUT2D eigenvalue weighted by Crippen LogP contribution is 2.26. The molecule has 0 atom stereocenters. The average molecular weight is 238 g/mol. The largest absolute Gasteiger partial charge is 0.371 e. The van der Waals surface area contributed by atoms with Gasteiger partial charge in [0.2, 0.25) is 0 Å². The predicted molar refractivity (Wildman–Crippen MR) is 76.7 cm³/mol. The third-order valence-electron chi connectivity index (χ3n) is 3.21. The van der Waals surface area contributed by atoms with Crippen LogP contribution >= 0.6 is 0 Å². The van der Waals surface area contributed by atoms with E-state index in [0.29, 0.717) is 6.42 Å². The Bertz CT molecular complexity index is 549. The monoisotopic (exact) mass is 238 g/mol. The lowest BCUT2D eigenvalue weighted by molar-refractivity contribution is 0.763. The van der Waals surface area contributed by atoms with Crippen LogP contribution in [-0.2, 0) is 0 Å². The van der Waals surface area contributed by atoms with Crippen molar-refractivity contribution in [3.8, 4) is 6.07 Å². The molecular formula is C16H18N2. The number of anilines is 1. The number of nitriles is 1.